The Labute approximate surface area is 237 Å². The summed E-state index contributed by atoms with van der Waals surface area (Å²) in [5.74, 6) is -0.588. The molecule has 5 aromatic rings. The van der Waals surface area contributed by atoms with Gasteiger partial charge in [0.2, 0.25) is 11.1 Å². The Morgan fingerprint density at radius 2 is 1.35 bits per heavy atom. The lowest BCUT2D eigenvalue weighted by Gasteiger charge is -2.18. The van der Waals surface area contributed by atoms with Crippen molar-refractivity contribution < 1.29 is 18.0 Å². The van der Waals surface area contributed by atoms with Crippen LogP contribution in [0.3, 0.4) is 0 Å². The summed E-state index contributed by atoms with van der Waals surface area (Å²) in [5, 5.41) is 10.6. The van der Waals surface area contributed by atoms with E-state index in [2.05, 4.69) is 15.5 Å². The van der Waals surface area contributed by atoms with Crippen molar-refractivity contribution in [1.82, 2.24) is 15.2 Å². The van der Waals surface area contributed by atoms with E-state index in [-0.39, 0.29) is 15.9 Å². The van der Waals surface area contributed by atoms with Gasteiger partial charge >= 0.3 is 6.18 Å². The highest BCUT2D eigenvalue weighted by molar-refractivity contribution is 8.00. The van der Waals surface area contributed by atoms with Crippen molar-refractivity contribution in [2.45, 2.75) is 16.6 Å². The Bertz CT molecular complexity index is 1620. The second-order valence-corrected chi connectivity index (χ2v) is 10.1. The lowest BCUT2D eigenvalue weighted by molar-refractivity contribution is -0.137. The average Bonchev–Trinajstić information content (AvgIpc) is 2.97. The molecule has 0 bridgehead atoms. The quantitative estimate of drug-likeness (QED) is 0.197. The Kier molecular flexibility index (Phi) is 8.14. The molecule has 0 radical (unpaired) electrons. The molecule has 5 nitrogen and oxygen atoms in total. The molecule has 4 aromatic carbocycles. The van der Waals surface area contributed by atoms with Crippen LogP contribution in [0, 0.1) is 0 Å². The average molecular weight is 577 g/mol. The fourth-order valence-corrected chi connectivity index (χ4v) is 5.02. The van der Waals surface area contributed by atoms with Crippen molar-refractivity contribution in [3.05, 3.63) is 125 Å². The minimum Gasteiger partial charge on any atom is -0.323 e. The Hall–Kier alpha value is -4.21. The third-order valence-corrected chi connectivity index (χ3v) is 7.31. The van der Waals surface area contributed by atoms with Crippen molar-refractivity contribution >= 4 is 35.0 Å². The molecule has 0 unspecified atom stereocenters. The first-order chi connectivity index (χ1) is 19.3. The molecule has 0 aliphatic carbocycles. The number of rotatable bonds is 7. The maximum Gasteiger partial charge on any atom is 0.416 e. The molecule has 0 fully saturated rings. The highest BCUT2D eigenvalue weighted by atomic mass is 35.5. The van der Waals surface area contributed by atoms with Crippen molar-refractivity contribution in [2.75, 3.05) is 5.32 Å². The van der Waals surface area contributed by atoms with Crippen LogP contribution in [0.5, 0.6) is 0 Å². The summed E-state index contributed by atoms with van der Waals surface area (Å²) in [6, 6.07) is 30.6. The zero-order valence-corrected chi connectivity index (χ0v) is 22.2. The Balaban J connectivity index is 1.52. The third-order valence-electron chi connectivity index (χ3n) is 5.88. The predicted molar refractivity (Wildman–Crippen MR) is 151 cm³/mol. The number of halogens is 4. The van der Waals surface area contributed by atoms with Crippen LogP contribution in [-0.4, -0.2) is 21.1 Å². The molecule has 1 heterocycles. The van der Waals surface area contributed by atoms with Gasteiger partial charge in [0.1, 0.15) is 16.6 Å². The number of anilines is 1. The van der Waals surface area contributed by atoms with E-state index in [0.29, 0.717) is 17.0 Å². The molecule has 1 N–H and O–H groups in total. The van der Waals surface area contributed by atoms with Gasteiger partial charge < -0.3 is 5.32 Å². The van der Waals surface area contributed by atoms with Crippen LogP contribution < -0.4 is 5.32 Å². The van der Waals surface area contributed by atoms with Gasteiger partial charge in [0.05, 0.1) is 16.3 Å². The van der Waals surface area contributed by atoms with Gasteiger partial charge in [0.15, 0.2) is 0 Å². The van der Waals surface area contributed by atoms with E-state index in [9.17, 15) is 18.0 Å². The number of carbonyl (C=O) groups excluding carboxylic acids is 1. The highest BCUT2D eigenvalue weighted by Gasteiger charge is 2.32. The number of hydrogen-bond donors (Lipinski definition) is 1. The second-order valence-electron chi connectivity index (χ2n) is 8.61. The number of thioether (sulfide) groups is 1. The molecule has 40 heavy (non-hydrogen) atoms. The van der Waals surface area contributed by atoms with Crippen LogP contribution in [0.15, 0.2) is 114 Å². The smallest absolute Gasteiger partial charge is 0.323 e. The number of benzene rings is 4. The normalized spacial score (nSPS) is 12.1. The summed E-state index contributed by atoms with van der Waals surface area (Å²) < 4.78 is 39.9. The number of aromatic nitrogens is 3. The maximum absolute atomic E-state index is 13.5. The molecule has 0 aliphatic heterocycles. The van der Waals surface area contributed by atoms with Crippen molar-refractivity contribution in [2.24, 2.45) is 0 Å². The molecule has 0 saturated carbocycles. The van der Waals surface area contributed by atoms with Crippen LogP contribution in [0.25, 0.3) is 22.5 Å². The molecule has 1 atom stereocenters. The lowest BCUT2D eigenvalue weighted by atomic mass is 10.0. The van der Waals surface area contributed by atoms with Gasteiger partial charge in [-0.3, -0.25) is 4.79 Å². The third kappa shape index (κ3) is 6.32. The van der Waals surface area contributed by atoms with E-state index < -0.39 is 22.9 Å². The molecule has 200 valence electrons. The van der Waals surface area contributed by atoms with E-state index in [4.69, 9.17) is 16.6 Å². The van der Waals surface area contributed by atoms with Gasteiger partial charge in [-0.25, -0.2) is 4.98 Å². The molecule has 5 rings (SSSR count). The standard InChI is InChI=1S/C30H20ClF3N4OS/c31-23-17-16-22(30(32,33)34)18-24(23)35-28(39)27(21-14-8-3-9-15-21)40-29-36-25(19-10-4-1-5-11-19)26(37-38-29)20-12-6-2-7-13-20/h1-18,27H,(H,35,39)/t27-/m1/s1. The molecule has 0 spiro atoms. The van der Waals surface area contributed by atoms with E-state index in [1.54, 1.807) is 30.3 Å². The lowest BCUT2D eigenvalue weighted by Crippen LogP contribution is -2.20. The van der Waals surface area contributed by atoms with E-state index in [0.717, 1.165) is 41.1 Å². The van der Waals surface area contributed by atoms with Gasteiger partial charge in [-0.05, 0) is 23.8 Å². The first kappa shape index (κ1) is 27.4. The molecular weight excluding hydrogens is 557 g/mol. The van der Waals surface area contributed by atoms with E-state index in [1.165, 1.54) is 0 Å². The summed E-state index contributed by atoms with van der Waals surface area (Å²) in [5.41, 5.74) is 2.33. The number of nitrogens with one attached hydrogen (secondary N) is 1. The van der Waals surface area contributed by atoms with Gasteiger partial charge in [-0.2, -0.15) is 13.2 Å². The monoisotopic (exact) mass is 576 g/mol. The topological polar surface area (TPSA) is 67.8 Å². The fourth-order valence-electron chi connectivity index (χ4n) is 3.95. The predicted octanol–water partition coefficient (Wildman–Crippen LogP) is 8.35. The SMILES string of the molecule is O=C(Nc1cc(C(F)(F)F)ccc1Cl)[C@H](Sc1nnc(-c2ccccc2)c(-c2ccccc2)n1)c1ccccc1. The van der Waals surface area contributed by atoms with Crippen molar-refractivity contribution in [3.63, 3.8) is 0 Å². The van der Waals surface area contributed by atoms with Crippen LogP contribution in [0.4, 0.5) is 18.9 Å². The van der Waals surface area contributed by atoms with E-state index >= 15 is 0 Å². The van der Waals surface area contributed by atoms with Crippen molar-refractivity contribution in [3.8, 4) is 22.5 Å². The first-order valence-electron chi connectivity index (χ1n) is 12.0. The molecule has 1 aromatic heterocycles. The molecule has 0 aliphatic rings. The number of alkyl halides is 3. The number of hydrogen-bond acceptors (Lipinski definition) is 5. The summed E-state index contributed by atoms with van der Waals surface area (Å²) in [7, 11) is 0. The Morgan fingerprint density at radius 3 is 1.95 bits per heavy atom. The summed E-state index contributed by atoms with van der Waals surface area (Å²) in [4.78, 5) is 18.3. The van der Waals surface area contributed by atoms with Crippen LogP contribution in [0.2, 0.25) is 5.02 Å². The largest absolute Gasteiger partial charge is 0.416 e. The maximum atomic E-state index is 13.5. The first-order valence-corrected chi connectivity index (χ1v) is 13.3. The minimum atomic E-state index is -4.59. The fraction of sp³-hybridized carbons (Fsp3) is 0.0667. The molecule has 10 heteroatoms. The van der Waals surface area contributed by atoms with Crippen LogP contribution >= 0.6 is 23.4 Å². The zero-order valence-electron chi connectivity index (χ0n) is 20.6. The second kappa shape index (κ2) is 11.9. The van der Waals surface area contributed by atoms with Gasteiger partial charge in [0.25, 0.3) is 0 Å². The van der Waals surface area contributed by atoms with Crippen LogP contribution in [-0.2, 0) is 11.0 Å². The van der Waals surface area contributed by atoms with Crippen LogP contribution in [0.1, 0.15) is 16.4 Å². The van der Waals surface area contributed by atoms with Gasteiger partial charge in [0, 0.05) is 11.1 Å². The number of amides is 1. The van der Waals surface area contributed by atoms with E-state index in [1.807, 2.05) is 60.7 Å². The zero-order chi connectivity index (χ0) is 28.1. The van der Waals surface area contributed by atoms with Gasteiger partial charge in [-0.1, -0.05) is 114 Å². The minimum absolute atomic E-state index is 0.0188. The van der Waals surface area contributed by atoms with Gasteiger partial charge in [-0.15, -0.1) is 10.2 Å². The molecular formula is C30H20ClF3N4OS. The Morgan fingerprint density at radius 1 is 0.775 bits per heavy atom. The summed E-state index contributed by atoms with van der Waals surface area (Å²) in [6.45, 7) is 0. The highest BCUT2D eigenvalue weighted by Crippen LogP contribution is 2.38. The number of nitrogens with zero attached hydrogens (tertiary/aromatic N) is 3. The summed E-state index contributed by atoms with van der Waals surface area (Å²) in [6.07, 6.45) is -4.59. The number of carbonyl (C=O) groups is 1. The molecule has 1 amide bonds. The summed E-state index contributed by atoms with van der Waals surface area (Å²) >= 11 is 7.18. The van der Waals surface area contributed by atoms with Crippen molar-refractivity contribution in [1.29, 1.82) is 0 Å². The molecule has 0 saturated heterocycles.